The first-order valence-electron chi connectivity index (χ1n) is 1.54. The highest BCUT2D eigenvalue weighted by atomic mass is 32.1. The molecule has 0 fully saturated rings. The summed E-state index contributed by atoms with van der Waals surface area (Å²) in [5.74, 6) is 0. The van der Waals surface area contributed by atoms with Crippen LogP contribution in [0, 0.1) is 0 Å². The number of thiocarbonyl (C=S) groups is 2. The van der Waals surface area contributed by atoms with Crippen LogP contribution in [0.3, 0.4) is 0 Å². The highest BCUT2D eigenvalue weighted by Crippen LogP contribution is 1.76. The average Bonchev–Trinajstić information content (AvgIpc) is 1.84. The lowest BCUT2D eigenvalue weighted by molar-refractivity contribution is 0.425. The summed E-state index contributed by atoms with van der Waals surface area (Å²) in [5, 5.41) is 0. The number of nitrogens with one attached hydrogen (secondary N) is 2. The Morgan fingerprint density at radius 1 is 1.00 bits per heavy atom. The maximum Gasteiger partial charge on any atom is 0.165 e. The molecule has 0 aliphatic carbocycles. The summed E-state index contributed by atoms with van der Waals surface area (Å²) < 4.78 is 22.3. The fourth-order valence-electron chi connectivity index (χ4n) is 0.0858. The van der Waals surface area contributed by atoms with Crippen molar-refractivity contribution in [1.82, 2.24) is 11.1 Å². The van der Waals surface area contributed by atoms with Gasteiger partial charge in [0.25, 0.3) is 0 Å². The van der Waals surface area contributed by atoms with Crippen LogP contribution in [0.15, 0.2) is 0 Å². The molecular formula is C2H2F2N2S2. The SMILES string of the molecule is FNC(=S)C(=S)NF. The van der Waals surface area contributed by atoms with Crippen LogP contribution in [0.1, 0.15) is 0 Å². The number of hydrogen-bond donors (Lipinski definition) is 2. The molecule has 0 unspecified atom stereocenters. The molecule has 0 amide bonds. The molecular weight excluding hydrogens is 154 g/mol. The van der Waals surface area contributed by atoms with Crippen molar-refractivity contribution >= 4 is 34.4 Å². The summed E-state index contributed by atoms with van der Waals surface area (Å²) in [6, 6.07) is 0. The number of halogens is 2. The summed E-state index contributed by atoms with van der Waals surface area (Å²) in [6.07, 6.45) is 0. The van der Waals surface area contributed by atoms with Crippen LogP contribution in [-0.2, 0) is 0 Å². The Morgan fingerprint density at radius 3 is 1.38 bits per heavy atom. The predicted molar refractivity (Wildman–Crippen MR) is 33.7 cm³/mol. The number of hydrogen-bond acceptors (Lipinski definition) is 2. The second-order valence-corrected chi connectivity index (χ2v) is 1.66. The van der Waals surface area contributed by atoms with E-state index >= 15 is 0 Å². The molecule has 0 spiro atoms. The number of rotatable bonds is 0. The lowest BCUT2D eigenvalue weighted by Gasteiger charge is -1.94. The Labute approximate surface area is 55.1 Å². The van der Waals surface area contributed by atoms with Gasteiger partial charge in [-0.05, 0) is 0 Å². The standard InChI is InChI=1S/C2H2F2N2S2/c3-5-1(7)2(8)6-4/h(H,5,7)(H,6,8). The highest BCUT2D eigenvalue weighted by Gasteiger charge is 1.99. The van der Waals surface area contributed by atoms with Crippen LogP contribution in [0.5, 0.6) is 0 Å². The van der Waals surface area contributed by atoms with Crippen molar-refractivity contribution in [3.8, 4) is 0 Å². The van der Waals surface area contributed by atoms with E-state index in [1.807, 2.05) is 0 Å². The zero-order valence-corrected chi connectivity index (χ0v) is 5.21. The molecule has 2 N–H and O–H groups in total. The van der Waals surface area contributed by atoms with Crippen LogP contribution in [0.4, 0.5) is 8.96 Å². The average molecular weight is 156 g/mol. The maximum atomic E-state index is 11.1. The van der Waals surface area contributed by atoms with E-state index in [1.165, 1.54) is 0 Å². The van der Waals surface area contributed by atoms with Gasteiger partial charge in [-0.25, -0.2) is 11.1 Å². The second kappa shape index (κ2) is 3.62. The molecule has 0 saturated carbocycles. The van der Waals surface area contributed by atoms with Gasteiger partial charge >= 0.3 is 0 Å². The van der Waals surface area contributed by atoms with E-state index in [4.69, 9.17) is 0 Å². The molecule has 6 heteroatoms. The lowest BCUT2D eigenvalue weighted by Crippen LogP contribution is -2.28. The molecule has 0 aromatic heterocycles. The summed E-state index contributed by atoms with van der Waals surface area (Å²) in [6.45, 7) is 0. The quantitative estimate of drug-likeness (QED) is 0.396. The van der Waals surface area contributed by atoms with Crippen molar-refractivity contribution in [3.05, 3.63) is 0 Å². The summed E-state index contributed by atoms with van der Waals surface area (Å²) in [4.78, 5) is -0.912. The first kappa shape index (κ1) is 7.64. The van der Waals surface area contributed by atoms with Crippen molar-refractivity contribution in [1.29, 1.82) is 0 Å². The minimum Gasteiger partial charge on any atom is -0.210 e. The molecule has 0 atom stereocenters. The molecule has 0 radical (unpaired) electrons. The molecule has 0 aliphatic rings. The predicted octanol–water partition coefficient (Wildman–Crippen LogP) is 0.589. The van der Waals surface area contributed by atoms with E-state index < -0.39 is 9.98 Å². The van der Waals surface area contributed by atoms with Crippen molar-refractivity contribution < 1.29 is 8.96 Å². The van der Waals surface area contributed by atoms with Gasteiger partial charge in [0, 0.05) is 0 Å². The molecule has 8 heavy (non-hydrogen) atoms. The first-order chi connectivity index (χ1) is 3.72. The van der Waals surface area contributed by atoms with Gasteiger partial charge in [0.05, 0.1) is 0 Å². The third-order valence-corrected chi connectivity index (χ3v) is 1.07. The topological polar surface area (TPSA) is 24.1 Å². The van der Waals surface area contributed by atoms with E-state index in [2.05, 4.69) is 24.4 Å². The van der Waals surface area contributed by atoms with Gasteiger partial charge in [-0.1, -0.05) is 24.4 Å². The van der Waals surface area contributed by atoms with Gasteiger partial charge in [0.15, 0.2) is 9.98 Å². The molecule has 0 aromatic rings. The van der Waals surface area contributed by atoms with E-state index in [9.17, 15) is 8.96 Å². The highest BCUT2D eigenvalue weighted by molar-refractivity contribution is 7.89. The molecule has 46 valence electrons. The van der Waals surface area contributed by atoms with Crippen molar-refractivity contribution in [2.75, 3.05) is 0 Å². The second-order valence-electron chi connectivity index (χ2n) is 0.847. The van der Waals surface area contributed by atoms with Crippen LogP contribution in [0.2, 0.25) is 0 Å². The Bertz CT molecular complexity index is 101. The Balaban J connectivity index is 3.64. The van der Waals surface area contributed by atoms with Crippen LogP contribution in [-0.4, -0.2) is 9.98 Å². The van der Waals surface area contributed by atoms with E-state index in [-0.39, 0.29) is 0 Å². The van der Waals surface area contributed by atoms with Crippen molar-refractivity contribution in [3.63, 3.8) is 0 Å². The molecule has 2 nitrogen and oxygen atoms in total. The molecule has 0 aromatic carbocycles. The monoisotopic (exact) mass is 156 g/mol. The van der Waals surface area contributed by atoms with Gasteiger partial charge in [0.1, 0.15) is 0 Å². The van der Waals surface area contributed by atoms with E-state index in [1.54, 1.807) is 0 Å². The Morgan fingerprint density at radius 2 is 1.25 bits per heavy atom. The normalized spacial score (nSPS) is 7.75. The van der Waals surface area contributed by atoms with E-state index in [0.717, 1.165) is 11.1 Å². The zero-order chi connectivity index (χ0) is 6.57. The fourth-order valence-corrected chi connectivity index (χ4v) is 0.163. The van der Waals surface area contributed by atoms with Gasteiger partial charge in [-0.3, -0.25) is 0 Å². The molecule has 0 aliphatic heterocycles. The maximum absolute atomic E-state index is 11.1. The molecule has 0 bridgehead atoms. The Hall–Kier alpha value is -0.360. The minimum atomic E-state index is -0.456. The van der Waals surface area contributed by atoms with Gasteiger partial charge in [-0.2, -0.15) is 0 Å². The van der Waals surface area contributed by atoms with Crippen LogP contribution in [0.25, 0.3) is 0 Å². The van der Waals surface area contributed by atoms with Crippen molar-refractivity contribution in [2.24, 2.45) is 0 Å². The van der Waals surface area contributed by atoms with Crippen molar-refractivity contribution in [2.45, 2.75) is 0 Å². The minimum absolute atomic E-state index is 0.456. The van der Waals surface area contributed by atoms with Gasteiger partial charge in [0.2, 0.25) is 0 Å². The molecule has 0 heterocycles. The summed E-state index contributed by atoms with van der Waals surface area (Å²) in [5.41, 5.74) is 2.01. The molecule has 0 saturated heterocycles. The van der Waals surface area contributed by atoms with Gasteiger partial charge < -0.3 is 0 Å². The van der Waals surface area contributed by atoms with Gasteiger partial charge in [-0.15, -0.1) is 8.96 Å². The third-order valence-electron chi connectivity index (χ3n) is 0.378. The van der Waals surface area contributed by atoms with Crippen LogP contribution >= 0.6 is 24.4 Å². The van der Waals surface area contributed by atoms with E-state index in [0.29, 0.717) is 0 Å². The lowest BCUT2D eigenvalue weighted by atomic mass is 10.7. The largest absolute Gasteiger partial charge is 0.210 e. The first-order valence-corrected chi connectivity index (χ1v) is 2.35. The third kappa shape index (κ3) is 2.08. The summed E-state index contributed by atoms with van der Waals surface area (Å²) in [7, 11) is 0. The fraction of sp³-hybridized carbons (Fsp3) is 0. The Kier molecular flexibility index (Phi) is 3.46. The summed E-state index contributed by atoms with van der Waals surface area (Å²) >= 11 is 8.29. The van der Waals surface area contributed by atoms with Crippen LogP contribution < -0.4 is 11.1 Å². The smallest absolute Gasteiger partial charge is 0.165 e. The molecule has 0 rings (SSSR count). The zero-order valence-electron chi connectivity index (χ0n) is 3.57.